The lowest BCUT2D eigenvalue weighted by Crippen LogP contribution is -2.22. The van der Waals surface area contributed by atoms with Crippen LogP contribution in [-0.2, 0) is 20.7 Å². The lowest BCUT2D eigenvalue weighted by molar-refractivity contribution is -0.147. The highest BCUT2D eigenvalue weighted by Crippen LogP contribution is 2.19. The van der Waals surface area contributed by atoms with Crippen LogP contribution in [0, 0.1) is 0 Å². The number of aromatic nitrogens is 1. The summed E-state index contributed by atoms with van der Waals surface area (Å²) in [6.45, 7) is 1.04. The minimum Gasteiger partial charge on any atom is -0.456 e. The van der Waals surface area contributed by atoms with Gasteiger partial charge < -0.3 is 15.0 Å². The standard InChI is InChI=1S/C21H20N2O4/c1-14(24)16-6-2-5-9-19(16)23-20(25)13-27-21(26)11-10-15-12-22-18-8-4-3-7-17(15)18/h2-9,12,22H,10-11,13H2,1H3,(H,23,25). The summed E-state index contributed by atoms with van der Waals surface area (Å²) in [5, 5.41) is 3.67. The molecular weight excluding hydrogens is 344 g/mol. The fourth-order valence-electron chi connectivity index (χ4n) is 2.88. The van der Waals surface area contributed by atoms with Crippen molar-refractivity contribution in [2.45, 2.75) is 19.8 Å². The second-order valence-electron chi connectivity index (χ2n) is 6.17. The number of benzene rings is 2. The number of para-hydroxylation sites is 2. The van der Waals surface area contributed by atoms with Crippen LogP contribution in [0.4, 0.5) is 5.69 Å². The first-order valence-electron chi connectivity index (χ1n) is 8.65. The molecular formula is C21H20N2O4. The number of carbonyl (C=O) groups excluding carboxylic acids is 3. The van der Waals surface area contributed by atoms with Crippen molar-refractivity contribution < 1.29 is 19.1 Å². The van der Waals surface area contributed by atoms with E-state index in [4.69, 9.17) is 4.74 Å². The van der Waals surface area contributed by atoms with Gasteiger partial charge in [-0.15, -0.1) is 0 Å². The van der Waals surface area contributed by atoms with E-state index >= 15 is 0 Å². The minimum absolute atomic E-state index is 0.151. The molecule has 0 unspecified atom stereocenters. The van der Waals surface area contributed by atoms with E-state index in [0.717, 1.165) is 16.5 Å². The molecule has 27 heavy (non-hydrogen) atoms. The van der Waals surface area contributed by atoms with Crippen molar-refractivity contribution in [3.63, 3.8) is 0 Å². The Bertz CT molecular complexity index is 991. The van der Waals surface area contributed by atoms with Gasteiger partial charge in [-0.25, -0.2) is 0 Å². The third kappa shape index (κ3) is 4.61. The Hall–Kier alpha value is -3.41. The summed E-state index contributed by atoms with van der Waals surface area (Å²) in [6.07, 6.45) is 2.58. The van der Waals surface area contributed by atoms with Crippen molar-refractivity contribution in [2.24, 2.45) is 0 Å². The maximum Gasteiger partial charge on any atom is 0.306 e. The number of Topliss-reactive ketones (excluding diaryl/α,β-unsaturated/α-hetero) is 1. The van der Waals surface area contributed by atoms with Gasteiger partial charge in [-0.2, -0.15) is 0 Å². The van der Waals surface area contributed by atoms with Gasteiger partial charge in [-0.3, -0.25) is 14.4 Å². The molecule has 3 aromatic rings. The van der Waals surface area contributed by atoms with Gasteiger partial charge in [-0.05, 0) is 37.1 Å². The third-order valence-corrected chi connectivity index (χ3v) is 4.22. The molecule has 0 radical (unpaired) electrons. The number of amides is 1. The van der Waals surface area contributed by atoms with Gasteiger partial charge in [0.2, 0.25) is 0 Å². The molecule has 6 nitrogen and oxygen atoms in total. The number of fused-ring (bicyclic) bond motifs is 1. The quantitative estimate of drug-likeness (QED) is 0.496. The maximum absolute atomic E-state index is 12.0. The van der Waals surface area contributed by atoms with Crippen LogP contribution < -0.4 is 5.32 Å². The highest BCUT2D eigenvalue weighted by Gasteiger charge is 2.12. The number of rotatable bonds is 7. The normalized spacial score (nSPS) is 10.6. The predicted molar refractivity (Wildman–Crippen MR) is 103 cm³/mol. The fraction of sp³-hybridized carbons (Fsp3) is 0.190. The smallest absolute Gasteiger partial charge is 0.306 e. The van der Waals surface area contributed by atoms with E-state index in [-0.39, 0.29) is 18.8 Å². The molecule has 0 saturated heterocycles. The van der Waals surface area contributed by atoms with Gasteiger partial charge in [0.25, 0.3) is 5.91 Å². The van der Waals surface area contributed by atoms with Gasteiger partial charge in [-0.1, -0.05) is 30.3 Å². The van der Waals surface area contributed by atoms with Crippen molar-refractivity contribution in [1.82, 2.24) is 4.98 Å². The summed E-state index contributed by atoms with van der Waals surface area (Å²) < 4.78 is 5.04. The van der Waals surface area contributed by atoms with Gasteiger partial charge in [0.05, 0.1) is 5.69 Å². The van der Waals surface area contributed by atoms with Crippen LogP contribution in [0.25, 0.3) is 10.9 Å². The number of anilines is 1. The van der Waals surface area contributed by atoms with Crippen molar-refractivity contribution in [3.05, 3.63) is 65.9 Å². The lowest BCUT2D eigenvalue weighted by Gasteiger charge is -2.09. The summed E-state index contributed by atoms with van der Waals surface area (Å²) in [4.78, 5) is 38.7. The largest absolute Gasteiger partial charge is 0.456 e. The monoisotopic (exact) mass is 364 g/mol. The Morgan fingerprint density at radius 1 is 1.04 bits per heavy atom. The molecule has 2 aromatic carbocycles. The Morgan fingerprint density at radius 2 is 1.78 bits per heavy atom. The van der Waals surface area contributed by atoms with Crippen LogP contribution >= 0.6 is 0 Å². The molecule has 0 atom stereocenters. The van der Waals surface area contributed by atoms with Crippen molar-refractivity contribution in [2.75, 3.05) is 11.9 Å². The summed E-state index contributed by atoms with van der Waals surface area (Å²) >= 11 is 0. The molecule has 0 aliphatic rings. The molecule has 1 aromatic heterocycles. The summed E-state index contributed by atoms with van der Waals surface area (Å²) in [6, 6.07) is 14.6. The van der Waals surface area contributed by atoms with Crippen LogP contribution in [-0.4, -0.2) is 29.3 Å². The summed E-state index contributed by atoms with van der Waals surface area (Å²) in [5.74, 6) is -1.08. The van der Waals surface area contributed by atoms with E-state index in [2.05, 4.69) is 10.3 Å². The van der Waals surface area contributed by atoms with Gasteiger partial charge in [0, 0.05) is 29.1 Å². The SMILES string of the molecule is CC(=O)c1ccccc1NC(=O)COC(=O)CCc1c[nH]c2ccccc12. The number of esters is 1. The van der Waals surface area contributed by atoms with Crippen LogP contribution in [0.2, 0.25) is 0 Å². The number of nitrogens with one attached hydrogen (secondary N) is 2. The number of ketones is 1. The number of hydrogen-bond donors (Lipinski definition) is 2. The Kier molecular flexibility index (Phi) is 5.66. The first-order chi connectivity index (χ1) is 13.0. The first-order valence-corrected chi connectivity index (χ1v) is 8.65. The molecule has 0 aliphatic heterocycles. The Balaban J connectivity index is 1.49. The molecule has 0 fully saturated rings. The Labute approximate surface area is 156 Å². The molecule has 0 saturated carbocycles. The van der Waals surface area contributed by atoms with Crippen molar-refractivity contribution in [3.8, 4) is 0 Å². The minimum atomic E-state index is -0.482. The van der Waals surface area contributed by atoms with E-state index in [0.29, 0.717) is 17.7 Å². The van der Waals surface area contributed by atoms with Crippen LogP contribution in [0.5, 0.6) is 0 Å². The molecule has 1 amide bonds. The number of H-pyrrole nitrogens is 1. The van der Waals surface area contributed by atoms with E-state index in [1.165, 1.54) is 6.92 Å². The van der Waals surface area contributed by atoms with E-state index in [1.54, 1.807) is 24.3 Å². The second-order valence-corrected chi connectivity index (χ2v) is 6.17. The lowest BCUT2D eigenvalue weighted by atomic mass is 10.1. The number of aromatic amines is 1. The van der Waals surface area contributed by atoms with E-state index in [9.17, 15) is 14.4 Å². The van der Waals surface area contributed by atoms with Gasteiger partial charge in [0.1, 0.15) is 0 Å². The van der Waals surface area contributed by atoms with Crippen LogP contribution in [0.1, 0.15) is 29.3 Å². The van der Waals surface area contributed by atoms with Gasteiger partial charge >= 0.3 is 5.97 Å². The highest BCUT2D eigenvalue weighted by molar-refractivity contribution is 6.04. The van der Waals surface area contributed by atoms with E-state index < -0.39 is 11.9 Å². The van der Waals surface area contributed by atoms with E-state index in [1.807, 2.05) is 30.5 Å². The Morgan fingerprint density at radius 3 is 2.59 bits per heavy atom. The predicted octanol–water partition coefficient (Wildman–Crippen LogP) is 3.49. The molecule has 0 aliphatic carbocycles. The molecule has 6 heteroatoms. The zero-order valence-corrected chi connectivity index (χ0v) is 15.0. The zero-order valence-electron chi connectivity index (χ0n) is 15.0. The molecule has 1 heterocycles. The molecule has 2 N–H and O–H groups in total. The highest BCUT2D eigenvalue weighted by atomic mass is 16.5. The average molecular weight is 364 g/mol. The first kappa shape index (κ1) is 18.4. The van der Waals surface area contributed by atoms with Gasteiger partial charge in [0.15, 0.2) is 12.4 Å². The zero-order chi connectivity index (χ0) is 19.2. The average Bonchev–Trinajstić information content (AvgIpc) is 3.08. The fourth-order valence-corrected chi connectivity index (χ4v) is 2.88. The van der Waals surface area contributed by atoms with Crippen LogP contribution in [0.3, 0.4) is 0 Å². The third-order valence-electron chi connectivity index (χ3n) is 4.22. The van der Waals surface area contributed by atoms with Crippen molar-refractivity contribution in [1.29, 1.82) is 0 Å². The molecule has 0 bridgehead atoms. The molecule has 138 valence electrons. The molecule has 3 rings (SSSR count). The maximum atomic E-state index is 12.0. The second kappa shape index (κ2) is 8.31. The number of hydrogen-bond acceptors (Lipinski definition) is 4. The summed E-state index contributed by atoms with van der Waals surface area (Å²) in [7, 11) is 0. The van der Waals surface area contributed by atoms with Crippen molar-refractivity contribution >= 4 is 34.3 Å². The topological polar surface area (TPSA) is 88.3 Å². The number of carbonyl (C=O) groups is 3. The number of ether oxygens (including phenoxy) is 1. The van der Waals surface area contributed by atoms with Crippen LogP contribution in [0.15, 0.2) is 54.7 Å². The molecule has 0 spiro atoms. The number of aryl methyl sites for hydroxylation is 1. The summed E-state index contributed by atoms with van der Waals surface area (Å²) in [5.41, 5.74) is 2.87.